The molecule has 0 saturated carbocycles. The van der Waals surface area contributed by atoms with Gasteiger partial charge >= 0.3 is 0 Å². The molecule has 2 N–H and O–H groups in total. The van der Waals surface area contributed by atoms with E-state index < -0.39 is 0 Å². The highest BCUT2D eigenvalue weighted by atomic mass is 35.5. The van der Waals surface area contributed by atoms with Gasteiger partial charge in [-0.05, 0) is 30.0 Å². The molecule has 158 valence electrons. The molecule has 1 aliphatic rings. The van der Waals surface area contributed by atoms with E-state index in [1.54, 1.807) is 6.20 Å². The van der Waals surface area contributed by atoms with Gasteiger partial charge in [0, 0.05) is 19.0 Å². The third-order valence-electron chi connectivity index (χ3n) is 5.95. The molecule has 0 spiro atoms. The van der Waals surface area contributed by atoms with E-state index in [1.165, 1.54) is 11.1 Å². The second-order valence-electron chi connectivity index (χ2n) is 7.72. The van der Waals surface area contributed by atoms with Crippen molar-refractivity contribution >= 4 is 18.3 Å². The first kappa shape index (κ1) is 22.1. The van der Waals surface area contributed by atoms with Crippen LogP contribution in [0.25, 0.3) is 0 Å². The van der Waals surface area contributed by atoms with Gasteiger partial charge in [-0.2, -0.15) is 5.10 Å². The highest BCUT2D eigenvalue weighted by Crippen LogP contribution is 2.33. The van der Waals surface area contributed by atoms with Crippen LogP contribution in [0, 0.1) is 5.92 Å². The number of benzene rings is 2. The van der Waals surface area contributed by atoms with Crippen molar-refractivity contribution in [1.82, 2.24) is 14.7 Å². The van der Waals surface area contributed by atoms with Gasteiger partial charge < -0.3 is 10.6 Å². The van der Waals surface area contributed by atoms with Crippen molar-refractivity contribution in [1.29, 1.82) is 0 Å². The number of nitrogens with two attached hydrogens (primary N) is 1. The number of halogens is 1. The van der Waals surface area contributed by atoms with E-state index in [2.05, 4.69) is 48.4 Å². The smallest absolute Gasteiger partial charge is 0.257 e. The van der Waals surface area contributed by atoms with Crippen molar-refractivity contribution in [3.63, 3.8) is 0 Å². The molecule has 1 fully saturated rings. The highest BCUT2D eigenvalue weighted by molar-refractivity contribution is 5.95. The van der Waals surface area contributed by atoms with Crippen molar-refractivity contribution in [2.24, 2.45) is 11.7 Å². The van der Waals surface area contributed by atoms with E-state index in [9.17, 15) is 4.79 Å². The predicted octanol–water partition coefficient (Wildman–Crippen LogP) is 3.73. The van der Waals surface area contributed by atoms with Gasteiger partial charge in [-0.3, -0.25) is 9.48 Å². The molecule has 3 aromatic rings. The van der Waals surface area contributed by atoms with E-state index in [0.717, 1.165) is 12.1 Å². The van der Waals surface area contributed by atoms with Crippen molar-refractivity contribution in [2.45, 2.75) is 25.8 Å². The molecule has 0 unspecified atom stereocenters. The molecule has 1 amide bonds. The SMILES string of the molecule is CCc1c(C(=O)N2C[C@@H](CN)[C@H](c3ccccc3)C2)cnn1Cc1ccccc1.Cl. The minimum absolute atomic E-state index is 0. The number of carbonyl (C=O) groups excluding carboxylic acids is 1. The van der Waals surface area contributed by atoms with Crippen LogP contribution in [0.4, 0.5) is 0 Å². The Morgan fingerprint density at radius 1 is 1.07 bits per heavy atom. The maximum absolute atomic E-state index is 13.4. The first-order valence-electron chi connectivity index (χ1n) is 10.3. The second kappa shape index (κ2) is 9.92. The van der Waals surface area contributed by atoms with Crippen molar-refractivity contribution in [3.8, 4) is 0 Å². The molecule has 5 nitrogen and oxygen atoms in total. The highest BCUT2D eigenvalue weighted by Gasteiger charge is 2.36. The van der Waals surface area contributed by atoms with E-state index in [4.69, 9.17) is 5.73 Å². The maximum Gasteiger partial charge on any atom is 0.257 e. The van der Waals surface area contributed by atoms with Crippen molar-refractivity contribution < 1.29 is 4.79 Å². The number of rotatable bonds is 6. The third-order valence-corrected chi connectivity index (χ3v) is 5.95. The number of likely N-dealkylation sites (tertiary alicyclic amines) is 1. The first-order valence-corrected chi connectivity index (χ1v) is 10.3. The van der Waals surface area contributed by atoms with Gasteiger partial charge in [0.25, 0.3) is 5.91 Å². The summed E-state index contributed by atoms with van der Waals surface area (Å²) >= 11 is 0. The Balaban J connectivity index is 0.00000256. The molecule has 1 aliphatic heterocycles. The lowest BCUT2D eigenvalue weighted by Crippen LogP contribution is -2.30. The zero-order chi connectivity index (χ0) is 20.2. The van der Waals surface area contributed by atoms with Crippen LogP contribution in [0.2, 0.25) is 0 Å². The normalized spacial score (nSPS) is 18.3. The van der Waals surface area contributed by atoms with Crippen LogP contribution in [-0.2, 0) is 13.0 Å². The second-order valence-corrected chi connectivity index (χ2v) is 7.72. The van der Waals surface area contributed by atoms with Crippen LogP contribution in [0.3, 0.4) is 0 Å². The fraction of sp³-hybridized carbons (Fsp3) is 0.333. The number of nitrogens with zero attached hydrogens (tertiary/aromatic N) is 3. The van der Waals surface area contributed by atoms with Crippen LogP contribution in [0.15, 0.2) is 66.9 Å². The molecule has 6 heteroatoms. The van der Waals surface area contributed by atoms with Crippen molar-refractivity contribution in [3.05, 3.63) is 89.2 Å². The fourth-order valence-corrected chi connectivity index (χ4v) is 4.38. The molecular formula is C24H29ClN4O. The average Bonchev–Trinajstić information content (AvgIpc) is 3.38. The Labute approximate surface area is 184 Å². The number of hydrogen-bond donors (Lipinski definition) is 1. The Morgan fingerprint density at radius 2 is 1.73 bits per heavy atom. The summed E-state index contributed by atoms with van der Waals surface area (Å²) in [4.78, 5) is 15.3. The molecule has 30 heavy (non-hydrogen) atoms. The number of carbonyl (C=O) groups is 1. The lowest BCUT2D eigenvalue weighted by Gasteiger charge is -2.17. The summed E-state index contributed by atoms with van der Waals surface area (Å²) < 4.78 is 1.95. The summed E-state index contributed by atoms with van der Waals surface area (Å²) in [7, 11) is 0. The molecule has 4 rings (SSSR count). The molecule has 1 aromatic heterocycles. The van der Waals surface area contributed by atoms with Crippen LogP contribution < -0.4 is 5.73 Å². The zero-order valence-electron chi connectivity index (χ0n) is 17.3. The Hall–Kier alpha value is -2.63. The molecule has 0 bridgehead atoms. The first-order chi connectivity index (χ1) is 14.2. The zero-order valence-corrected chi connectivity index (χ0v) is 18.1. The average molecular weight is 425 g/mol. The lowest BCUT2D eigenvalue weighted by molar-refractivity contribution is 0.0785. The monoisotopic (exact) mass is 424 g/mol. The largest absolute Gasteiger partial charge is 0.338 e. The Kier molecular flexibility index (Phi) is 7.29. The lowest BCUT2D eigenvalue weighted by atomic mass is 9.89. The topological polar surface area (TPSA) is 64.2 Å². The van der Waals surface area contributed by atoms with Crippen molar-refractivity contribution in [2.75, 3.05) is 19.6 Å². The predicted molar refractivity (Wildman–Crippen MR) is 122 cm³/mol. The maximum atomic E-state index is 13.4. The summed E-state index contributed by atoms with van der Waals surface area (Å²) in [6, 6.07) is 20.6. The Morgan fingerprint density at radius 3 is 2.37 bits per heavy atom. The summed E-state index contributed by atoms with van der Waals surface area (Å²) in [6.07, 6.45) is 2.50. The van der Waals surface area contributed by atoms with Crippen LogP contribution in [-0.4, -0.2) is 40.2 Å². The number of amides is 1. The quantitative estimate of drug-likeness (QED) is 0.655. The minimum atomic E-state index is 0. The summed E-state index contributed by atoms with van der Waals surface area (Å²) in [6.45, 7) is 4.74. The number of hydrogen-bond acceptors (Lipinski definition) is 3. The van der Waals surface area contributed by atoms with E-state index in [1.807, 2.05) is 33.8 Å². The summed E-state index contributed by atoms with van der Waals surface area (Å²) in [5.74, 6) is 0.637. The molecule has 2 aromatic carbocycles. The Bertz CT molecular complexity index is 958. The van der Waals surface area contributed by atoms with Gasteiger partial charge in [0.1, 0.15) is 0 Å². The molecule has 0 radical (unpaired) electrons. The molecular weight excluding hydrogens is 396 g/mol. The van der Waals surface area contributed by atoms with Gasteiger partial charge in [0.05, 0.1) is 24.0 Å². The minimum Gasteiger partial charge on any atom is -0.338 e. The van der Waals surface area contributed by atoms with Gasteiger partial charge in [-0.1, -0.05) is 67.6 Å². The molecule has 2 atom stereocenters. The van der Waals surface area contributed by atoms with Crippen LogP contribution in [0.1, 0.15) is 40.0 Å². The third kappa shape index (κ3) is 4.42. The molecule has 0 aliphatic carbocycles. The van der Waals surface area contributed by atoms with E-state index in [0.29, 0.717) is 31.7 Å². The van der Waals surface area contributed by atoms with E-state index >= 15 is 0 Å². The number of aromatic nitrogens is 2. The van der Waals surface area contributed by atoms with Gasteiger partial charge in [0.2, 0.25) is 0 Å². The fourth-order valence-electron chi connectivity index (χ4n) is 4.38. The van der Waals surface area contributed by atoms with Gasteiger partial charge in [-0.15, -0.1) is 12.4 Å². The standard InChI is InChI=1S/C24H28N4O.ClH/c1-2-23-21(14-26-28(23)15-18-9-5-3-6-10-18)24(29)27-16-20(13-25)22(17-27)19-11-7-4-8-12-19;/h3-12,14,20,22H,2,13,15-17,25H2,1H3;1H/t20-,22+;/m1./s1. The van der Waals surface area contributed by atoms with Crippen LogP contribution >= 0.6 is 12.4 Å². The van der Waals surface area contributed by atoms with E-state index in [-0.39, 0.29) is 30.2 Å². The van der Waals surface area contributed by atoms with Crippen LogP contribution in [0.5, 0.6) is 0 Å². The summed E-state index contributed by atoms with van der Waals surface area (Å²) in [5, 5.41) is 4.54. The molecule has 2 heterocycles. The van der Waals surface area contributed by atoms with Gasteiger partial charge in [0.15, 0.2) is 0 Å². The summed E-state index contributed by atoms with van der Waals surface area (Å²) in [5.41, 5.74) is 10.2. The molecule has 1 saturated heterocycles. The van der Waals surface area contributed by atoms with Gasteiger partial charge in [-0.25, -0.2) is 0 Å².